The summed E-state index contributed by atoms with van der Waals surface area (Å²) in [6.45, 7) is 8.03. The molecule has 0 aliphatic carbocycles. The highest BCUT2D eigenvalue weighted by Gasteiger charge is 2.75. The number of guanidine groups is 2. The van der Waals surface area contributed by atoms with Crippen LogP contribution in [0.3, 0.4) is 0 Å². The molecule has 4 atom stereocenters. The third-order valence-corrected chi connectivity index (χ3v) is 8.70. The van der Waals surface area contributed by atoms with Crippen LogP contribution in [0.1, 0.15) is 36.2 Å². The van der Waals surface area contributed by atoms with Crippen molar-refractivity contribution < 1.29 is 33.9 Å². The number of nitrogens with one attached hydrogen (secondary N) is 6. The smallest absolute Gasteiger partial charge is 0.346 e. The van der Waals surface area contributed by atoms with E-state index in [1.165, 1.54) is 10.7 Å². The van der Waals surface area contributed by atoms with E-state index in [-0.39, 0.29) is 47.4 Å². The maximum atomic E-state index is 13.6. The van der Waals surface area contributed by atoms with Gasteiger partial charge in [0.25, 0.3) is 11.8 Å². The molecular weight excluding hydrogens is 560 g/mol. The molecular formula is C27H35N10O6+. The highest BCUT2D eigenvalue weighted by atomic mass is 16.5. The molecule has 0 aromatic heterocycles. The summed E-state index contributed by atoms with van der Waals surface area (Å²) in [6.07, 6.45) is 2.16. The van der Waals surface area contributed by atoms with E-state index in [1.807, 2.05) is 6.07 Å². The first-order valence-corrected chi connectivity index (χ1v) is 13.8. The normalized spacial score (nSPS) is 29.6. The van der Waals surface area contributed by atoms with Crippen molar-refractivity contribution in [3.63, 3.8) is 0 Å². The molecule has 4 amide bonds. The number of ether oxygens (including phenoxy) is 1. The lowest BCUT2D eigenvalue weighted by Gasteiger charge is -2.43. The predicted octanol–water partition coefficient (Wildman–Crippen LogP) is -3.35. The number of allylic oxidation sites excluding steroid dienone is 1. The van der Waals surface area contributed by atoms with E-state index in [9.17, 15) is 24.6 Å². The van der Waals surface area contributed by atoms with Crippen LogP contribution in [0, 0.1) is 0 Å². The number of carbonyl (C=O) groups excluding carboxylic acids is 3. The Kier molecular flexibility index (Phi) is 6.32. The number of benzene rings is 1. The molecule has 43 heavy (non-hydrogen) atoms. The van der Waals surface area contributed by atoms with Crippen LogP contribution in [0.5, 0.6) is 5.75 Å². The number of nitrogens with two attached hydrogens (primary N) is 2. The largest absolute Gasteiger partial charge is 0.492 e. The van der Waals surface area contributed by atoms with Crippen molar-refractivity contribution in [1.82, 2.24) is 31.9 Å². The highest BCUT2D eigenvalue weighted by molar-refractivity contribution is 5.99. The van der Waals surface area contributed by atoms with Gasteiger partial charge in [-0.05, 0) is 24.0 Å². The molecule has 1 aromatic rings. The van der Waals surface area contributed by atoms with Gasteiger partial charge >= 0.3 is 12.0 Å². The zero-order valence-electron chi connectivity index (χ0n) is 23.7. The van der Waals surface area contributed by atoms with Gasteiger partial charge in [-0.1, -0.05) is 32.6 Å². The SMILES string of the molecule is C=C1C=C(C(=O)NC[C@@H]2NC(N)=[N+]3CC(NC(=O)c4cccc5c4OCCC5(C)C)C(O)(O)[C@@]34NC(N)=N[C@@H]24)NC(=O)N1. The van der Waals surface area contributed by atoms with E-state index < -0.39 is 47.4 Å². The number of carbonyl (C=O) groups is 3. The van der Waals surface area contributed by atoms with E-state index >= 15 is 0 Å². The molecule has 1 aromatic carbocycles. The van der Waals surface area contributed by atoms with Crippen LogP contribution >= 0.6 is 0 Å². The number of hydrogen-bond acceptors (Lipinski definition) is 11. The van der Waals surface area contributed by atoms with Gasteiger partial charge in [0, 0.05) is 11.3 Å². The van der Waals surface area contributed by atoms with E-state index in [2.05, 4.69) is 57.3 Å². The van der Waals surface area contributed by atoms with Gasteiger partial charge in [0.05, 0.1) is 25.3 Å². The van der Waals surface area contributed by atoms with Gasteiger partial charge in [-0.25, -0.2) is 14.4 Å². The standard InChI is InChI=1S/C27H34N10O6/c1-12-9-15(33-24(40)31-12)21(39)30-10-16-19-26(36-22(28)35-19)27(41,42)17(11-37(26)23(29)32-16)34-20(38)13-5-4-6-14-18(13)43-8-7-25(14,2)3/h4-6,9,16-17,19,41-42H,1,7-8,10-11H2,2-3H3,(H9,28,29,30,31,32,33,34,35,36,38,39,40)/p+1/t16-,17?,19-,26-/m0/s1. The number of para-hydroxylation sites is 1. The first-order chi connectivity index (χ1) is 20.2. The van der Waals surface area contributed by atoms with Crippen molar-refractivity contribution >= 4 is 29.8 Å². The molecule has 16 nitrogen and oxygen atoms in total. The molecule has 6 rings (SSSR count). The van der Waals surface area contributed by atoms with E-state index in [0.29, 0.717) is 12.4 Å². The Morgan fingerprint density at radius 3 is 2.74 bits per heavy atom. The Morgan fingerprint density at radius 2 is 2.00 bits per heavy atom. The zero-order chi connectivity index (χ0) is 30.9. The molecule has 16 heteroatoms. The number of amides is 4. The molecule has 1 spiro atoms. The van der Waals surface area contributed by atoms with Crippen LogP contribution in [0.15, 0.2) is 47.2 Å². The van der Waals surface area contributed by atoms with Crippen molar-refractivity contribution in [2.75, 3.05) is 19.7 Å². The van der Waals surface area contributed by atoms with Crippen LogP contribution in [-0.2, 0) is 10.2 Å². The maximum absolute atomic E-state index is 13.6. The lowest BCUT2D eigenvalue weighted by atomic mass is 9.79. The minimum absolute atomic E-state index is 0.0248. The number of fused-ring (bicyclic) bond motifs is 1. The third kappa shape index (κ3) is 4.32. The maximum Gasteiger partial charge on any atom is 0.346 e. The topological polar surface area (TPSA) is 240 Å². The monoisotopic (exact) mass is 595 g/mol. The Hall–Kier alpha value is -4.83. The van der Waals surface area contributed by atoms with Gasteiger partial charge in [-0.3, -0.25) is 20.6 Å². The second-order valence-electron chi connectivity index (χ2n) is 11.9. The van der Waals surface area contributed by atoms with Crippen LogP contribution in [0.2, 0.25) is 0 Å². The van der Waals surface area contributed by atoms with E-state index in [0.717, 1.165) is 12.0 Å². The first-order valence-electron chi connectivity index (χ1n) is 13.8. The third-order valence-electron chi connectivity index (χ3n) is 8.70. The minimum Gasteiger partial charge on any atom is -0.492 e. The molecule has 0 bridgehead atoms. The van der Waals surface area contributed by atoms with E-state index in [1.54, 1.807) is 12.1 Å². The minimum atomic E-state index is -2.65. The fourth-order valence-corrected chi connectivity index (χ4v) is 6.47. The Balaban J connectivity index is 1.25. The van der Waals surface area contributed by atoms with Crippen LogP contribution in [0.25, 0.3) is 0 Å². The summed E-state index contributed by atoms with van der Waals surface area (Å²) >= 11 is 0. The molecule has 0 saturated carbocycles. The Bertz CT molecular complexity index is 1550. The quantitative estimate of drug-likeness (QED) is 0.120. The first kappa shape index (κ1) is 28.3. The average Bonchev–Trinajstić information content (AvgIpc) is 3.40. The molecule has 0 radical (unpaired) electrons. The average molecular weight is 596 g/mol. The van der Waals surface area contributed by atoms with Gasteiger partial charge in [0.15, 0.2) is 5.96 Å². The summed E-state index contributed by atoms with van der Waals surface area (Å²) < 4.78 is 7.35. The molecule has 228 valence electrons. The summed E-state index contributed by atoms with van der Waals surface area (Å²) in [5.41, 5.74) is 11.8. The fraction of sp³-hybridized carbons (Fsp3) is 0.444. The van der Waals surface area contributed by atoms with Crippen molar-refractivity contribution in [2.45, 2.75) is 55.3 Å². The number of hydrogen-bond donors (Lipinski definition) is 10. The molecule has 5 aliphatic heterocycles. The lowest BCUT2D eigenvalue weighted by Crippen LogP contribution is -2.79. The van der Waals surface area contributed by atoms with Crippen LogP contribution < -0.4 is 48.1 Å². The number of nitrogens with zero attached hydrogens (tertiary/aromatic N) is 2. The van der Waals surface area contributed by atoms with Gasteiger partial charge in [0.1, 0.15) is 29.6 Å². The summed E-state index contributed by atoms with van der Waals surface area (Å²) in [7, 11) is 0. The molecule has 12 N–H and O–H groups in total. The van der Waals surface area contributed by atoms with Gasteiger partial charge in [-0.15, -0.1) is 0 Å². The number of rotatable bonds is 5. The van der Waals surface area contributed by atoms with Gasteiger partial charge < -0.3 is 47.3 Å². The number of aliphatic hydroxyl groups is 2. The van der Waals surface area contributed by atoms with Crippen molar-refractivity contribution in [2.24, 2.45) is 16.5 Å². The van der Waals surface area contributed by atoms with E-state index in [4.69, 9.17) is 16.2 Å². The van der Waals surface area contributed by atoms with Crippen LogP contribution in [-0.4, -0.2) is 93.8 Å². The molecule has 5 aliphatic rings. The summed E-state index contributed by atoms with van der Waals surface area (Å²) in [5.74, 6) is -3.39. The number of aliphatic imine (C=N–C) groups is 1. The highest BCUT2D eigenvalue weighted by Crippen LogP contribution is 2.43. The van der Waals surface area contributed by atoms with Crippen molar-refractivity contribution in [1.29, 1.82) is 0 Å². The molecule has 5 heterocycles. The van der Waals surface area contributed by atoms with Gasteiger partial charge in [-0.2, -0.15) is 0 Å². The second-order valence-corrected chi connectivity index (χ2v) is 11.9. The Morgan fingerprint density at radius 1 is 1.23 bits per heavy atom. The zero-order valence-corrected chi connectivity index (χ0v) is 23.7. The predicted molar refractivity (Wildman–Crippen MR) is 152 cm³/mol. The fourth-order valence-electron chi connectivity index (χ4n) is 6.47. The lowest BCUT2D eigenvalue weighted by molar-refractivity contribution is -0.623. The molecule has 1 unspecified atom stereocenters. The number of urea groups is 1. The van der Waals surface area contributed by atoms with Crippen LogP contribution in [0.4, 0.5) is 4.79 Å². The molecule has 1 saturated heterocycles. The summed E-state index contributed by atoms with van der Waals surface area (Å²) in [5, 5.41) is 39.7. The molecule has 1 fully saturated rings. The summed E-state index contributed by atoms with van der Waals surface area (Å²) in [6, 6.07) is 1.69. The second kappa shape index (κ2) is 9.60. The Labute approximate surface area is 246 Å². The van der Waals surface area contributed by atoms with Crippen molar-refractivity contribution in [3.05, 3.63) is 53.4 Å². The van der Waals surface area contributed by atoms with Crippen molar-refractivity contribution in [3.8, 4) is 5.75 Å². The summed E-state index contributed by atoms with van der Waals surface area (Å²) in [4.78, 5) is 42.6. The van der Waals surface area contributed by atoms with Gasteiger partial charge in [0.2, 0.25) is 11.4 Å².